The Morgan fingerprint density at radius 1 is 1.28 bits per heavy atom. The van der Waals surface area contributed by atoms with E-state index in [-0.39, 0.29) is 0 Å². The first-order valence-electron chi connectivity index (χ1n) is 6.31. The standard InChI is InChI=1S/C14H24N2O2/c1-12(11-17-3)16(2)9-4-10-18-14-7-5-13(15)6-8-14/h5-8,12H,4,9-11,15H2,1-3H3. The van der Waals surface area contributed by atoms with Gasteiger partial charge in [-0.05, 0) is 44.7 Å². The summed E-state index contributed by atoms with van der Waals surface area (Å²) in [4.78, 5) is 2.27. The summed E-state index contributed by atoms with van der Waals surface area (Å²) < 4.78 is 10.8. The summed E-state index contributed by atoms with van der Waals surface area (Å²) in [5.74, 6) is 0.872. The van der Waals surface area contributed by atoms with Crippen molar-refractivity contribution in [3.63, 3.8) is 0 Å². The highest BCUT2D eigenvalue weighted by Crippen LogP contribution is 2.13. The first-order valence-corrected chi connectivity index (χ1v) is 6.31. The molecule has 1 aromatic carbocycles. The molecule has 4 nitrogen and oxygen atoms in total. The van der Waals surface area contributed by atoms with Gasteiger partial charge in [-0.25, -0.2) is 0 Å². The Morgan fingerprint density at radius 3 is 2.56 bits per heavy atom. The molecular formula is C14H24N2O2. The van der Waals surface area contributed by atoms with Crippen molar-refractivity contribution >= 4 is 5.69 Å². The van der Waals surface area contributed by atoms with Crippen LogP contribution in [0.25, 0.3) is 0 Å². The second-order valence-electron chi connectivity index (χ2n) is 4.56. The monoisotopic (exact) mass is 252 g/mol. The van der Waals surface area contributed by atoms with E-state index in [2.05, 4.69) is 18.9 Å². The molecule has 0 saturated heterocycles. The normalized spacial score (nSPS) is 12.7. The quantitative estimate of drug-likeness (QED) is 0.568. The zero-order valence-corrected chi connectivity index (χ0v) is 11.6. The van der Waals surface area contributed by atoms with E-state index < -0.39 is 0 Å². The Hall–Kier alpha value is -1.26. The van der Waals surface area contributed by atoms with Crippen LogP contribution in [0.3, 0.4) is 0 Å². The van der Waals surface area contributed by atoms with Crippen molar-refractivity contribution in [2.45, 2.75) is 19.4 Å². The van der Waals surface area contributed by atoms with Crippen LogP contribution in [0.4, 0.5) is 5.69 Å². The van der Waals surface area contributed by atoms with Gasteiger partial charge in [0.25, 0.3) is 0 Å². The maximum absolute atomic E-state index is 5.64. The molecule has 1 unspecified atom stereocenters. The van der Waals surface area contributed by atoms with Gasteiger partial charge >= 0.3 is 0 Å². The molecule has 0 aliphatic heterocycles. The van der Waals surface area contributed by atoms with Crippen LogP contribution in [-0.2, 0) is 4.74 Å². The van der Waals surface area contributed by atoms with E-state index in [9.17, 15) is 0 Å². The second-order valence-corrected chi connectivity index (χ2v) is 4.56. The molecule has 0 amide bonds. The molecule has 102 valence electrons. The Balaban J connectivity index is 2.16. The van der Waals surface area contributed by atoms with Crippen molar-refractivity contribution in [3.8, 4) is 5.75 Å². The number of benzene rings is 1. The van der Waals surface area contributed by atoms with Gasteiger partial charge in [0.05, 0.1) is 13.2 Å². The summed E-state index contributed by atoms with van der Waals surface area (Å²) in [7, 11) is 3.83. The van der Waals surface area contributed by atoms with Crippen molar-refractivity contribution in [2.24, 2.45) is 0 Å². The molecule has 0 aliphatic carbocycles. The lowest BCUT2D eigenvalue weighted by molar-refractivity contribution is 0.112. The smallest absolute Gasteiger partial charge is 0.119 e. The Kier molecular flexibility index (Phi) is 6.54. The minimum absolute atomic E-state index is 0.437. The highest BCUT2D eigenvalue weighted by Gasteiger charge is 2.07. The summed E-state index contributed by atoms with van der Waals surface area (Å²) in [5.41, 5.74) is 6.37. The topological polar surface area (TPSA) is 47.7 Å². The molecule has 1 rings (SSSR count). The molecule has 0 bridgehead atoms. The molecule has 18 heavy (non-hydrogen) atoms. The van der Waals surface area contributed by atoms with Crippen molar-refractivity contribution < 1.29 is 9.47 Å². The van der Waals surface area contributed by atoms with E-state index in [1.165, 1.54) is 0 Å². The number of hydrogen-bond acceptors (Lipinski definition) is 4. The Morgan fingerprint density at radius 2 is 1.94 bits per heavy atom. The van der Waals surface area contributed by atoms with Crippen molar-refractivity contribution in [1.82, 2.24) is 4.90 Å². The lowest BCUT2D eigenvalue weighted by Crippen LogP contribution is -2.34. The van der Waals surface area contributed by atoms with Crippen molar-refractivity contribution in [2.75, 3.05) is 39.6 Å². The van der Waals surface area contributed by atoms with Crippen LogP contribution in [0.2, 0.25) is 0 Å². The zero-order valence-electron chi connectivity index (χ0n) is 11.6. The number of hydrogen-bond donors (Lipinski definition) is 1. The third-order valence-corrected chi connectivity index (χ3v) is 2.96. The summed E-state index contributed by atoms with van der Waals surface area (Å²) in [6.45, 7) is 4.63. The molecule has 1 atom stereocenters. The minimum atomic E-state index is 0.437. The lowest BCUT2D eigenvalue weighted by atomic mass is 10.3. The first-order chi connectivity index (χ1) is 8.63. The fourth-order valence-corrected chi connectivity index (χ4v) is 1.66. The number of anilines is 1. The number of rotatable bonds is 8. The second kappa shape index (κ2) is 7.95. The van der Waals surface area contributed by atoms with Gasteiger partial charge in [-0.2, -0.15) is 0 Å². The maximum Gasteiger partial charge on any atom is 0.119 e. The molecule has 0 radical (unpaired) electrons. The lowest BCUT2D eigenvalue weighted by Gasteiger charge is -2.23. The number of likely N-dealkylation sites (N-methyl/N-ethyl adjacent to an activating group) is 1. The SMILES string of the molecule is COCC(C)N(C)CCCOc1ccc(N)cc1. The third kappa shape index (κ3) is 5.38. The Bertz CT molecular complexity index is 327. The van der Waals surface area contributed by atoms with Gasteiger partial charge in [0.1, 0.15) is 5.75 Å². The van der Waals surface area contributed by atoms with E-state index in [0.717, 1.165) is 31.0 Å². The van der Waals surface area contributed by atoms with Crippen LogP contribution in [0.15, 0.2) is 24.3 Å². The molecule has 0 fully saturated rings. The van der Waals surface area contributed by atoms with Gasteiger partial charge in [0.15, 0.2) is 0 Å². The highest BCUT2D eigenvalue weighted by atomic mass is 16.5. The molecule has 0 spiro atoms. The van der Waals surface area contributed by atoms with Crippen molar-refractivity contribution in [1.29, 1.82) is 0 Å². The number of ether oxygens (including phenoxy) is 2. The van der Waals surface area contributed by atoms with Gasteiger partial charge in [-0.3, -0.25) is 0 Å². The Labute approximate surface area is 110 Å². The largest absolute Gasteiger partial charge is 0.494 e. The van der Waals surface area contributed by atoms with Crippen LogP contribution in [0.5, 0.6) is 5.75 Å². The van der Waals surface area contributed by atoms with E-state index >= 15 is 0 Å². The van der Waals surface area contributed by atoms with Gasteiger partial charge in [0.2, 0.25) is 0 Å². The van der Waals surface area contributed by atoms with Crippen molar-refractivity contribution in [3.05, 3.63) is 24.3 Å². The number of nitrogens with zero attached hydrogens (tertiary/aromatic N) is 1. The highest BCUT2D eigenvalue weighted by molar-refractivity contribution is 5.41. The fourth-order valence-electron chi connectivity index (χ4n) is 1.66. The maximum atomic E-state index is 5.64. The third-order valence-electron chi connectivity index (χ3n) is 2.96. The van der Waals surface area contributed by atoms with Crippen LogP contribution >= 0.6 is 0 Å². The van der Waals surface area contributed by atoms with Crippen LogP contribution < -0.4 is 10.5 Å². The molecule has 0 aliphatic rings. The van der Waals surface area contributed by atoms with Gasteiger partial charge < -0.3 is 20.1 Å². The van der Waals surface area contributed by atoms with E-state index in [1.54, 1.807) is 7.11 Å². The van der Waals surface area contributed by atoms with E-state index in [0.29, 0.717) is 12.6 Å². The van der Waals surface area contributed by atoms with Gasteiger partial charge in [-0.1, -0.05) is 0 Å². The summed E-state index contributed by atoms with van der Waals surface area (Å²) in [6.07, 6.45) is 0.995. The summed E-state index contributed by atoms with van der Waals surface area (Å²) in [5, 5.41) is 0. The molecule has 0 saturated carbocycles. The van der Waals surface area contributed by atoms with E-state index in [4.69, 9.17) is 15.2 Å². The van der Waals surface area contributed by atoms with Gasteiger partial charge in [-0.15, -0.1) is 0 Å². The first kappa shape index (κ1) is 14.8. The average Bonchev–Trinajstić information content (AvgIpc) is 2.36. The molecule has 0 aromatic heterocycles. The fraction of sp³-hybridized carbons (Fsp3) is 0.571. The molecule has 1 aromatic rings. The zero-order chi connectivity index (χ0) is 13.4. The summed E-state index contributed by atoms with van der Waals surface area (Å²) >= 11 is 0. The predicted octanol–water partition coefficient (Wildman–Crippen LogP) is 2.00. The molecule has 2 N–H and O–H groups in total. The van der Waals surface area contributed by atoms with Crippen LogP contribution in [0.1, 0.15) is 13.3 Å². The average molecular weight is 252 g/mol. The van der Waals surface area contributed by atoms with E-state index in [1.807, 2.05) is 24.3 Å². The molecule has 4 heteroatoms. The summed E-state index contributed by atoms with van der Waals surface area (Å²) in [6, 6.07) is 7.93. The van der Waals surface area contributed by atoms with Gasteiger partial charge in [0, 0.05) is 25.4 Å². The number of methoxy groups -OCH3 is 1. The number of nitrogens with two attached hydrogens (primary N) is 1. The molecule has 0 heterocycles. The number of nitrogen functional groups attached to an aromatic ring is 1. The molecular weight excluding hydrogens is 228 g/mol. The minimum Gasteiger partial charge on any atom is -0.494 e. The van der Waals surface area contributed by atoms with Crippen LogP contribution in [0, 0.1) is 0 Å². The van der Waals surface area contributed by atoms with Crippen LogP contribution in [-0.4, -0.2) is 44.9 Å². The predicted molar refractivity (Wildman–Crippen MR) is 74.9 cm³/mol.